The summed E-state index contributed by atoms with van der Waals surface area (Å²) in [6.45, 7) is 7.13. The average Bonchev–Trinajstić information content (AvgIpc) is 3.09. The van der Waals surface area contributed by atoms with Crippen molar-refractivity contribution in [3.8, 4) is 0 Å². The van der Waals surface area contributed by atoms with Gasteiger partial charge in [0.15, 0.2) is 0 Å². The minimum absolute atomic E-state index is 0.205. The monoisotopic (exact) mass is 278 g/mol. The Morgan fingerprint density at radius 3 is 2.60 bits per heavy atom. The molecule has 2 aliphatic heterocycles. The van der Waals surface area contributed by atoms with Gasteiger partial charge in [0.25, 0.3) is 0 Å². The van der Waals surface area contributed by atoms with Crippen molar-refractivity contribution >= 4 is 11.9 Å². The number of piperazine rings is 1. The highest BCUT2D eigenvalue weighted by molar-refractivity contribution is 5.83. The molecule has 1 N–H and O–H groups in total. The SMILES string of the molecule is CN1CCC(C)(C(=O)N2CCN(c3ncn[nH]3)CC2)C1. The molecule has 2 aliphatic rings. The van der Waals surface area contributed by atoms with Crippen LogP contribution < -0.4 is 4.90 Å². The predicted molar refractivity (Wildman–Crippen MR) is 75.4 cm³/mol. The number of carbonyl (C=O) groups excluding carboxylic acids is 1. The summed E-state index contributed by atoms with van der Waals surface area (Å²) >= 11 is 0. The number of amides is 1. The van der Waals surface area contributed by atoms with Gasteiger partial charge in [0.05, 0.1) is 5.41 Å². The fourth-order valence-corrected chi connectivity index (χ4v) is 3.22. The molecule has 3 rings (SSSR count). The lowest BCUT2D eigenvalue weighted by Gasteiger charge is -2.38. The van der Waals surface area contributed by atoms with Gasteiger partial charge in [-0.15, -0.1) is 0 Å². The first-order valence-corrected chi connectivity index (χ1v) is 7.17. The Balaban J connectivity index is 1.59. The van der Waals surface area contributed by atoms with E-state index in [0.717, 1.165) is 51.6 Å². The topological polar surface area (TPSA) is 68.4 Å². The second-order valence-electron chi connectivity index (χ2n) is 6.14. The van der Waals surface area contributed by atoms with Crippen molar-refractivity contribution in [1.82, 2.24) is 25.0 Å². The summed E-state index contributed by atoms with van der Waals surface area (Å²) in [5.74, 6) is 1.10. The van der Waals surface area contributed by atoms with Crippen molar-refractivity contribution in [3.05, 3.63) is 6.33 Å². The number of H-pyrrole nitrogens is 1. The minimum Gasteiger partial charge on any atom is -0.339 e. The Labute approximate surface area is 118 Å². The van der Waals surface area contributed by atoms with Gasteiger partial charge in [-0.3, -0.25) is 4.79 Å². The van der Waals surface area contributed by atoms with Crippen molar-refractivity contribution in [2.45, 2.75) is 13.3 Å². The first kappa shape index (κ1) is 13.4. The molecule has 0 radical (unpaired) electrons. The maximum absolute atomic E-state index is 12.7. The molecule has 1 amide bonds. The summed E-state index contributed by atoms with van der Waals surface area (Å²) in [6.07, 6.45) is 2.48. The van der Waals surface area contributed by atoms with Crippen LogP contribution in [-0.2, 0) is 4.79 Å². The fourth-order valence-electron chi connectivity index (χ4n) is 3.22. The summed E-state index contributed by atoms with van der Waals surface area (Å²) < 4.78 is 0. The quantitative estimate of drug-likeness (QED) is 0.811. The van der Waals surface area contributed by atoms with Gasteiger partial charge in [-0.05, 0) is 26.9 Å². The second-order valence-corrected chi connectivity index (χ2v) is 6.14. The van der Waals surface area contributed by atoms with Gasteiger partial charge in [-0.2, -0.15) is 10.1 Å². The number of aromatic amines is 1. The number of nitrogens with one attached hydrogen (secondary N) is 1. The van der Waals surface area contributed by atoms with E-state index in [9.17, 15) is 4.79 Å². The van der Waals surface area contributed by atoms with Crippen LogP contribution in [0.15, 0.2) is 6.33 Å². The molecule has 1 unspecified atom stereocenters. The molecule has 110 valence electrons. The number of rotatable bonds is 2. The van der Waals surface area contributed by atoms with Crippen molar-refractivity contribution in [3.63, 3.8) is 0 Å². The number of nitrogens with zero attached hydrogens (tertiary/aromatic N) is 5. The molecule has 20 heavy (non-hydrogen) atoms. The van der Waals surface area contributed by atoms with E-state index < -0.39 is 0 Å². The van der Waals surface area contributed by atoms with Crippen molar-refractivity contribution in [2.75, 3.05) is 51.2 Å². The smallest absolute Gasteiger partial charge is 0.229 e. The van der Waals surface area contributed by atoms with Crippen LogP contribution in [0.25, 0.3) is 0 Å². The second kappa shape index (κ2) is 5.05. The molecule has 1 aromatic heterocycles. The van der Waals surface area contributed by atoms with E-state index in [2.05, 4.69) is 39.0 Å². The molecule has 1 atom stereocenters. The molecule has 0 spiro atoms. The first-order valence-electron chi connectivity index (χ1n) is 7.17. The van der Waals surface area contributed by atoms with Crippen molar-refractivity contribution in [1.29, 1.82) is 0 Å². The number of likely N-dealkylation sites (tertiary alicyclic amines) is 1. The molecular formula is C13H22N6O. The molecular weight excluding hydrogens is 256 g/mol. The Morgan fingerprint density at radius 2 is 2.05 bits per heavy atom. The maximum atomic E-state index is 12.7. The van der Waals surface area contributed by atoms with Gasteiger partial charge in [0, 0.05) is 32.7 Å². The molecule has 7 heteroatoms. The third-order valence-electron chi connectivity index (χ3n) is 4.45. The Hall–Kier alpha value is -1.63. The van der Waals surface area contributed by atoms with Crippen LogP contribution >= 0.6 is 0 Å². The van der Waals surface area contributed by atoms with E-state index in [4.69, 9.17) is 0 Å². The molecule has 0 saturated carbocycles. The summed E-state index contributed by atoms with van der Waals surface area (Å²) in [7, 11) is 2.08. The molecule has 2 saturated heterocycles. The highest BCUT2D eigenvalue weighted by atomic mass is 16.2. The standard InChI is InChI=1S/C13H22N6O/c1-13(3-4-17(2)9-13)11(20)18-5-7-19(8-6-18)12-14-10-15-16-12/h10H,3-9H2,1-2H3,(H,14,15,16). The van der Waals surface area contributed by atoms with Gasteiger partial charge in [0.2, 0.25) is 11.9 Å². The lowest BCUT2D eigenvalue weighted by molar-refractivity contribution is -0.140. The van der Waals surface area contributed by atoms with Crippen molar-refractivity contribution < 1.29 is 4.79 Å². The third kappa shape index (κ3) is 2.37. The zero-order valence-corrected chi connectivity index (χ0v) is 12.2. The summed E-state index contributed by atoms with van der Waals surface area (Å²) in [5.41, 5.74) is -0.205. The van der Waals surface area contributed by atoms with Crippen LogP contribution in [-0.4, -0.2) is 77.2 Å². The zero-order chi connectivity index (χ0) is 14.2. The summed E-state index contributed by atoms with van der Waals surface area (Å²) in [5, 5.41) is 6.74. The van der Waals surface area contributed by atoms with E-state index >= 15 is 0 Å². The van der Waals surface area contributed by atoms with Crippen molar-refractivity contribution in [2.24, 2.45) is 5.41 Å². The normalized spacial score (nSPS) is 28.1. The average molecular weight is 278 g/mol. The maximum Gasteiger partial charge on any atom is 0.229 e. The van der Waals surface area contributed by atoms with Crippen LogP contribution in [0, 0.1) is 5.41 Å². The molecule has 0 bridgehead atoms. The molecule has 0 aliphatic carbocycles. The summed E-state index contributed by atoms with van der Waals surface area (Å²) in [4.78, 5) is 23.2. The Bertz CT molecular complexity index is 467. The molecule has 7 nitrogen and oxygen atoms in total. The molecule has 3 heterocycles. The minimum atomic E-state index is -0.205. The van der Waals surface area contributed by atoms with Gasteiger partial charge in [-0.25, -0.2) is 5.10 Å². The van der Waals surface area contributed by atoms with Crippen LogP contribution in [0.4, 0.5) is 5.95 Å². The van der Waals surface area contributed by atoms with E-state index in [0.29, 0.717) is 5.91 Å². The van der Waals surface area contributed by atoms with Crippen LogP contribution in [0.3, 0.4) is 0 Å². The zero-order valence-electron chi connectivity index (χ0n) is 12.2. The van der Waals surface area contributed by atoms with E-state index in [1.54, 1.807) is 0 Å². The highest BCUT2D eigenvalue weighted by Gasteiger charge is 2.42. The van der Waals surface area contributed by atoms with E-state index in [1.165, 1.54) is 6.33 Å². The van der Waals surface area contributed by atoms with E-state index in [-0.39, 0.29) is 5.41 Å². The third-order valence-corrected chi connectivity index (χ3v) is 4.45. The van der Waals surface area contributed by atoms with Crippen LogP contribution in [0.1, 0.15) is 13.3 Å². The number of hydrogen-bond acceptors (Lipinski definition) is 5. The van der Waals surface area contributed by atoms with E-state index in [1.807, 2.05) is 4.90 Å². The number of anilines is 1. The summed E-state index contributed by atoms with van der Waals surface area (Å²) in [6, 6.07) is 0. The number of hydrogen-bond donors (Lipinski definition) is 1. The number of carbonyl (C=O) groups is 1. The Morgan fingerprint density at radius 1 is 1.30 bits per heavy atom. The predicted octanol–water partition coefficient (Wildman–Crippen LogP) is -0.205. The van der Waals surface area contributed by atoms with Gasteiger partial charge >= 0.3 is 0 Å². The fraction of sp³-hybridized carbons (Fsp3) is 0.769. The Kier molecular flexibility index (Phi) is 3.37. The van der Waals surface area contributed by atoms with Gasteiger partial charge < -0.3 is 14.7 Å². The number of aromatic nitrogens is 3. The largest absolute Gasteiger partial charge is 0.339 e. The van der Waals surface area contributed by atoms with Crippen LogP contribution in [0.2, 0.25) is 0 Å². The van der Waals surface area contributed by atoms with Gasteiger partial charge in [0.1, 0.15) is 6.33 Å². The molecule has 0 aromatic carbocycles. The highest BCUT2D eigenvalue weighted by Crippen LogP contribution is 2.31. The van der Waals surface area contributed by atoms with Gasteiger partial charge in [-0.1, -0.05) is 0 Å². The first-order chi connectivity index (χ1) is 9.58. The van der Waals surface area contributed by atoms with Crippen LogP contribution in [0.5, 0.6) is 0 Å². The lowest BCUT2D eigenvalue weighted by Crippen LogP contribution is -2.53. The molecule has 2 fully saturated rings. The molecule has 1 aromatic rings. The lowest BCUT2D eigenvalue weighted by atomic mass is 9.88.